The minimum absolute atomic E-state index is 0.0390. The molecule has 21 heavy (non-hydrogen) atoms. The van der Waals surface area contributed by atoms with Crippen LogP contribution in [0.25, 0.3) is 0 Å². The molecule has 0 unspecified atom stereocenters. The molecule has 0 fully saturated rings. The summed E-state index contributed by atoms with van der Waals surface area (Å²) < 4.78 is 11.0. The molecular formula is C15H16N2O4. The summed E-state index contributed by atoms with van der Waals surface area (Å²) in [4.78, 5) is 14.9. The third-order valence-electron chi connectivity index (χ3n) is 2.66. The van der Waals surface area contributed by atoms with Crippen LogP contribution in [0.5, 0.6) is 17.4 Å². The van der Waals surface area contributed by atoms with Crippen LogP contribution in [0.1, 0.15) is 23.7 Å². The summed E-state index contributed by atoms with van der Waals surface area (Å²) in [5, 5.41) is 9.00. The normalized spacial score (nSPS) is 10.1. The zero-order valence-electron chi connectivity index (χ0n) is 11.6. The Morgan fingerprint density at radius 1 is 1.29 bits per heavy atom. The second-order valence-electron chi connectivity index (χ2n) is 4.34. The molecule has 1 aromatic carbocycles. The minimum Gasteiger partial charge on any atom is -0.494 e. The molecule has 2 rings (SSSR count). The van der Waals surface area contributed by atoms with Crippen molar-refractivity contribution in [2.45, 2.75) is 13.3 Å². The monoisotopic (exact) mass is 288 g/mol. The van der Waals surface area contributed by atoms with Crippen LogP contribution < -0.4 is 15.2 Å². The van der Waals surface area contributed by atoms with E-state index in [1.54, 1.807) is 24.3 Å². The van der Waals surface area contributed by atoms with Crippen molar-refractivity contribution in [1.82, 2.24) is 4.98 Å². The van der Waals surface area contributed by atoms with Gasteiger partial charge in [0.05, 0.1) is 24.1 Å². The molecule has 6 heteroatoms. The number of hydrogen-bond donors (Lipinski definition) is 2. The summed E-state index contributed by atoms with van der Waals surface area (Å²) in [6.07, 6.45) is 2.20. The van der Waals surface area contributed by atoms with Gasteiger partial charge in [0.25, 0.3) is 0 Å². The van der Waals surface area contributed by atoms with E-state index in [4.69, 9.17) is 20.3 Å². The number of carboxylic acids is 1. The molecule has 2 aromatic rings. The van der Waals surface area contributed by atoms with Crippen molar-refractivity contribution in [2.24, 2.45) is 0 Å². The average molecular weight is 288 g/mol. The zero-order valence-corrected chi connectivity index (χ0v) is 11.6. The van der Waals surface area contributed by atoms with Crippen molar-refractivity contribution in [3.8, 4) is 17.4 Å². The lowest BCUT2D eigenvalue weighted by Gasteiger charge is -2.08. The Morgan fingerprint density at radius 2 is 1.95 bits per heavy atom. The second kappa shape index (κ2) is 6.60. The highest BCUT2D eigenvalue weighted by molar-refractivity contribution is 5.93. The number of benzene rings is 1. The van der Waals surface area contributed by atoms with Crippen molar-refractivity contribution in [2.75, 3.05) is 12.3 Å². The largest absolute Gasteiger partial charge is 0.494 e. The highest BCUT2D eigenvalue weighted by Crippen LogP contribution is 2.24. The van der Waals surface area contributed by atoms with E-state index in [1.807, 2.05) is 6.92 Å². The maximum Gasteiger partial charge on any atom is 0.338 e. The second-order valence-corrected chi connectivity index (χ2v) is 4.34. The van der Waals surface area contributed by atoms with Crippen LogP contribution in [0.3, 0.4) is 0 Å². The van der Waals surface area contributed by atoms with E-state index < -0.39 is 5.97 Å². The number of aromatic nitrogens is 1. The van der Waals surface area contributed by atoms with E-state index in [1.165, 1.54) is 12.3 Å². The van der Waals surface area contributed by atoms with Crippen molar-refractivity contribution in [1.29, 1.82) is 0 Å². The topological polar surface area (TPSA) is 94.7 Å². The van der Waals surface area contributed by atoms with Crippen LogP contribution in [0, 0.1) is 0 Å². The van der Waals surface area contributed by atoms with E-state index in [2.05, 4.69) is 4.98 Å². The Hall–Kier alpha value is -2.76. The smallest absolute Gasteiger partial charge is 0.338 e. The Balaban J connectivity index is 2.11. The number of hydrogen-bond acceptors (Lipinski definition) is 5. The lowest BCUT2D eigenvalue weighted by Crippen LogP contribution is -2.03. The lowest BCUT2D eigenvalue weighted by atomic mass is 10.2. The molecule has 0 saturated heterocycles. The van der Waals surface area contributed by atoms with Gasteiger partial charge in [-0.15, -0.1) is 0 Å². The number of ether oxygens (including phenoxy) is 2. The quantitative estimate of drug-likeness (QED) is 0.848. The van der Waals surface area contributed by atoms with Crippen LogP contribution in [0.15, 0.2) is 36.5 Å². The van der Waals surface area contributed by atoms with Crippen molar-refractivity contribution < 1.29 is 19.4 Å². The number of carbonyl (C=O) groups is 1. The first kappa shape index (κ1) is 14.6. The number of aromatic carboxylic acids is 1. The maximum absolute atomic E-state index is 11.0. The fourth-order valence-corrected chi connectivity index (χ4v) is 1.63. The van der Waals surface area contributed by atoms with Crippen LogP contribution in [-0.2, 0) is 0 Å². The van der Waals surface area contributed by atoms with E-state index in [0.29, 0.717) is 12.4 Å². The summed E-state index contributed by atoms with van der Waals surface area (Å²) in [5.74, 6) is 0.333. The molecule has 0 saturated carbocycles. The predicted octanol–water partition coefficient (Wildman–Crippen LogP) is 2.94. The van der Waals surface area contributed by atoms with Gasteiger partial charge in [-0.2, -0.15) is 0 Å². The van der Waals surface area contributed by atoms with Gasteiger partial charge in [-0.25, -0.2) is 9.78 Å². The third-order valence-corrected chi connectivity index (χ3v) is 2.66. The molecule has 0 aliphatic carbocycles. The van der Waals surface area contributed by atoms with Gasteiger partial charge in [0.15, 0.2) is 0 Å². The molecule has 6 nitrogen and oxygen atoms in total. The molecular weight excluding hydrogens is 272 g/mol. The van der Waals surface area contributed by atoms with Gasteiger partial charge in [0, 0.05) is 6.07 Å². The molecule has 0 radical (unpaired) electrons. The van der Waals surface area contributed by atoms with Crippen molar-refractivity contribution in [3.63, 3.8) is 0 Å². The number of anilines is 1. The average Bonchev–Trinajstić information content (AvgIpc) is 2.48. The van der Waals surface area contributed by atoms with E-state index in [0.717, 1.165) is 12.2 Å². The van der Waals surface area contributed by atoms with Gasteiger partial charge in [0.2, 0.25) is 5.88 Å². The SMILES string of the molecule is CCCOc1ccc(Oc2cc(C(=O)O)c(N)cn2)cc1. The Kier molecular flexibility index (Phi) is 4.61. The molecule has 0 spiro atoms. The highest BCUT2D eigenvalue weighted by Gasteiger charge is 2.10. The maximum atomic E-state index is 11.0. The summed E-state index contributed by atoms with van der Waals surface area (Å²) in [5.41, 5.74) is 5.59. The number of rotatable bonds is 6. The molecule has 0 atom stereocenters. The first-order chi connectivity index (χ1) is 10.1. The van der Waals surface area contributed by atoms with E-state index in [9.17, 15) is 4.79 Å². The van der Waals surface area contributed by atoms with Crippen LogP contribution in [-0.4, -0.2) is 22.7 Å². The number of pyridine rings is 1. The Morgan fingerprint density at radius 3 is 2.57 bits per heavy atom. The number of nitrogens with zero attached hydrogens (tertiary/aromatic N) is 1. The molecule has 0 bridgehead atoms. The van der Waals surface area contributed by atoms with Gasteiger partial charge in [-0.05, 0) is 30.7 Å². The fourth-order valence-electron chi connectivity index (χ4n) is 1.63. The van der Waals surface area contributed by atoms with Crippen molar-refractivity contribution >= 4 is 11.7 Å². The molecule has 1 heterocycles. The van der Waals surface area contributed by atoms with Gasteiger partial charge >= 0.3 is 5.97 Å². The summed E-state index contributed by atoms with van der Waals surface area (Å²) in [6.45, 7) is 2.69. The fraction of sp³-hybridized carbons (Fsp3) is 0.200. The zero-order chi connectivity index (χ0) is 15.2. The molecule has 1 aromatic heterocycles. The van der Waals surface area contributed by atoms with Crippen molar-refractivity contribution in [3.05, 3.63) is 42.1 Å². The predicted molar refractivity (Wildman–Crippen MR) is 77.9 cm³/mol. The molecule has 0 aliphatic heterocycles. The van der Waals surface area contributed by atoms with Crippen LogP contribution in [0.2, 0.25) is 0 Å². The first-order valence-electron chi connectivity index (χ1n) is 6.49. The Labute approximate surface area is 122 Å². The van der Waals surface area contributed by atoms with Gasteiger partial charge < -0.3 is 20.3 Å². The Bertz CT molecular complexity index is 626. The molecule has 0 aliphatic rings. The summed E-state index contributed by atoms with van der Waals surface area (Å²) in [7, 11) is 0. The third kappa shape index (κ3) is 3.85. The minimum atomic E-state index is -1.12. The van der Waals surface area contributed by atoms with E-state index >= 15 is 0 Å². The number of carboxylic acid groups (broad SMARTS) is 1. The summed E-state index contributed by atoms with van der Waals surface area (Å²) in [6, 6.07) is 8.30. The van der Waals surface area contributed by atoms with Gasteiger partial charge in [0.1, 0.15) is 11.5 Å². The van der Waals surface area contributed by atoms with Crippen LogP contribution in [0.4, 0.5) is 5.69 Å². The van der Waals surface area contributed by atoms with Gasteiger partial charge in [-0.3, -0.25) is 0 Å². The summed E-state index contributed by atoms with van der Waals surface area (Å²) >= 11 is 0. The lowest BCUT2D eigenvalue weighted by molar-refractivity contribution is 0.0697. The number of nitrogens with two attached hydrogens (primary N) is 1. The van der Waals surface area contributed by atoms with Gasteiger partial charge in [-0.1, -0.05) is 6.92 Å². The standard InChI is InChI=1S/C15H16N2O4/c1-2-7-20-10-3-5-11(6-4-10)21-14-8-12(15(18)19)13(16)9-17-14/h3-6,8-9H,2,7,16H2,1H3,(H,18,19). The first-order valence-corrected chi connectivity index (χ1v) is 6.49. The molecule has 110 valence electrons. The van der Waals surface area contributed by atoms with Crippen LogP contribution >= 0.6 is 0 Å². The molecule has 0 amide bonds. The van der Waals surface area contributed by atoms with E-state index in [-0.39, 0.29) is 17.1 Å². The highest BCUT2D eigenvalue weighted by atomic mass is 16.5. The molecule has 3 N–H and O–H groups in total. The number of nitrogen functional groups attached to an aromatic ring is 1.